The summed E-state index contributed by atoms with van der Waals surface area (Å²) in [5, 5.41) is 0. The Morgan fingerprint density at radius 1 is 1.64 bits per heavy atom. The Balaban J connectivity index is 1.94. The molecule has 0 saturated heterocycles. The fourth-order valence-electron chi connectivity index (χ4n) is 1.12. The minimum atomic E-state index is -0.101. The second-order valence-electron chi connectivity index (χ2n) is 3.46. The average molecular weight is 259 g/mol. The van der Waals surface area contributed by atoms with Crippen molar-refractivity contribution in [1.29, 1.82) is 0 Å². The van der Waals surface area contributed by atoms with E-state index < -0.39 is 0 Å². The van der Waals surface area contributed by atoms with E-state index >= 15 is 0 Å². The molecule has 0 radical (unpaired) electrons. The lowest BCUT2D eigenvalue weighted by Crippen LogP contribution is -2.22. The van der Waals surface area contributed by atoms with Gasteiger partial charge in [0.1, 0.15) is 11.2 Å². The highest BCUT2D eigenvalue weighted by Gasteiger charge is 2.21. The highest BCUT2D eigenvalue weighted by atomic mass is 79.9. The number of hydrogen-bond donors (Lipinski definition) is 0. The van der Waals surface area contributed by atoms with Crippen LogP contribution in [0.2, 0.25) is 0 Å². The van der Waals surface area contributed by atoms with Crippen LogP contribution in [-0.2, 0) is 11.5 Å². The fraction of sp³-hybridized carbons (Fsp3) is 0.556. The zero-order chi connectivity index (χ0) is 9.97. The Morgan fingerprint density at radius 3 is 3.14 bits per heavy atom. The van der Waals surface area contributed by atoms with Gasteiger partial charge in [-0.15, -0.1) is 0 Å². The summed E-state index contributed by atoms with van der Waals surface area (Å²) in [6.45, 7) is 1.04. The Bertz CT molecular complexity index is 373. The van der Waals surface area contributed by atoms with E-state index in [-0.39, 0.29) is 5.56 Å². The van der Waals surface area contributed by atoms with Gasteiger partial charge in [0.25, 0.3) is 5.56 Å². The van der Waals surface area contributed by atoms with Gasteiger partial charge < -0.3 is 4.74 Å². The van der Waals surface area contributed by atoms with Crippen molar-refractivity contribution in [3.63, 3.8) is 0 Å². The number of ether oxygens (including phenoxy) is 1. The van der Waals surface area contributed by atoms with Crippen LogP contribution < -0.4 is 5.56 Å². The van der Waals surface area contributed by atoms with E-state index in [2.05, 4.69) is 20.9 Å². The van der Waals surface area contributed by atoms with Crippen LogP contribution in [0.1, 0.15) is 12.8 Å². The summed E-state index contributed by atoms with van der Waals surface area (Å²) in [5.74, 6) is 0.714. The van der Waals surface area contributed by atoms with Gasteiger partial charge in [-0.25, -0.2) is 4.98 Å². The van der Waals surface area contributed by atoms with Crippen molar-refractivity contribution in [2.45, 2.75) is 19.6 Å². The fourth-order valence-corrected chi connectivity index (χ4v) is 1.46. The molecule has 1 saturated carbocycles. The molecule has 1 aromatic rings. The SMILES string of the molecule is O=c1c(Br)cncn1COCC1CC1. The van der Waals surface area contributed by atoms with Gasteiger partial charge in [-0.1, -0.05) is 0 Å². The zero-order valence-corrected chi connectivity index (χ0v) is 9.24. The van der Waals surface area contributed by atoms with Gasteiger partial charge in [0, 0.05) is 6.20 Å². The Hall–Kier alpha value is -0.680. The first-order chi connectivity index (χ1) is 6.77. The van der Waals surface area contributed by atoms with E-state index in [1.807, 2.05) is 0 Å². The quantitative estimate of drug-likeness (QED) is 0.820. The van der Waals surface area contributed by atoms with Gasteiger partial charge >= 0.3 is 0 Å². The summed E-state index contributed by atoms with van der Waals surface area (Å²) in [6.07, 6.45) is 5.48. The van der Waals surface area contributed by atoms with E-state index in [0.717, 1.165) is 6.61 Å². The molecule has 1 heterocycles. The third kappa shape index (κ3) is 2.42. The molecule has 0 aliphatic heterocycles. The van der Waals surface area contributed by atoms with E-state index in [9.17, 15) is 4.79 Å². The monoisotopic (exact) mass is 258 g/mol. The van der Waals surface area contributed by atoms with Gasteiger partial charge in [-0.3, -0.25) is 9.36 Å². The van der Waals surface area contributed by atoms with Crippen molar-refractivity contribution < 1.29 is 4.74 Å². The maximum atomic E-state index is 11.5. The van der Waals surface area contributed by atoms with Gasteiger partial charge in [0.15, 0.2) is 0 Å². The third-order valence-electron chi connectivity index (χ3n) is 2.14. The molecule has 4 nitrogen and oxygen atoms in total. The Kier molecular flexibility index (Phi) is 2.98. The molecule has 1 aliphatic carbocycles. The molecule has 0 spiro atoms. The second-order valence-corrected chi connectivity index (χ2v) is 4.31. The first-order valence-electron chi connectivity index (χ1n) is 4.55. The molecule has 76 valence electrons. The molecule has 14 heavy (non-hydrogen) atoms. The third-order valence-corrected chi connectivity index (χ3v) is 2.68. The van der Waals surface area contributed by atoms with Crippen molar-refractivity contribution in [1.82, 2.24) is 9.55 Å². The summed E-state index contributed by atoms with van der Waals surface area (Å²) in [7, 11) is 0. The molecule has 2 rings (SSSR count). The van der Waals surface area contributed by atoms with Crippen molar-refractivity contribution >= 4 is 15.9 Å². The van der Waals surface area contributed by atoms with Gasteiger partial charge in [0.05, 0.1) is 12.9 Å². The molecular weight excluding hydrogens is 248 g/mol. The summed E-state index contributed by atoms with van der Waals surface area (Å²) in [6, 6.07) is 0. The van der Waals surface area contributed by atoms with E-state index in [4.69, 9.17) is 4.74 Å². The van der Waals surface area contributed by atoms with Crippen molar-refractivity contribution in [3.8, 4) is 0 Å². The Morgan fingerprint density at radius 2 is 2.43 bits per heavy atom. The lowest BCUT2D eigenvalue weighted by molar-refractivity contribution is 0.0659. The maximum Gasteiger partial charge on any atom is 0.269 e. The number of halogens is 1. The van der Waals surface area contributed by atoms with Crippen LogP contribution in [-0.4, -0.2) is 16.2 Å². The minimum absolute atomic E-state index is 0.101. The van der Waals surface area contributed by atoms with Crippen molar-refractivity contribution in [2.24, 2.45) is 5.92 Å². The normalized spacial score (nSPS) is 15.8. The topological polar surface area (TPSA) is 44.1 Å². The number of hydrogen-bond acceptors (Lipinski definition) is 3. The zero-order valence-electron chi connectivity index (χ0n) is 7.65. The summed E-state index contributed by atoms with van der Waals surface area (Å²) < 4.78 is 7.30. The minimum Gasteiger partial charge on any atom is -0.360 e. The summed E-state index contributed by atoms with van der Waals surface area (Å²) in [5.41, 5.74) is -0.101. The average Bonchev–Trinajstić information content (AvgIpc) is 2.96. The Labute approximate surface area is 90.0 Å². The molecule has 5 heteroatoms. The van der Waals surface area contributed by atoms with Gasteiger partial charge in [0.2, 0.25) is 0 Å². The number of aromatic nitrogens is 2. The molecule has 0 aromatic carbocycles. The second kappa shape index (κ2) is 4.23. The first-order valence-corrected chi connectivity index (χ1v) is 5.34. The molecule has 0 N–H and O–H groups in total. The van der Waals surface area contributed by atoms with E-state index in [1.54, 1.807) is 0 Å². The maximum absolute atomic E-state index is 11.5. The molecule has 1 aromatic heterocycles. The smallest absolute Gasteiger partial charge is 0.269 e. The molecular formula is C9H11BrN2O2. The van der Waals surface area contributed by atoms with E-state index in [0.29, 0.717) is 17.1 Å². The predicted octanol–water partition coefficient (Wildman–Crippen LogP) is 1.39. The molecule has 1 aliphatic rings. The van der Waals surface area contributed by atoms with Gasteiger partial charge in [-0.2, -0.15) is 0 Å². The molecule has 1 fully saturated rings. The number of nitrogens with zero attached hydrogens (tertiary/aromatic N) is 2. The molecule has 0 bridgehead atoms. The van der Waals surface area contributed by atoms with Crippen LogP contribution in [0.5, 0.6) is 0 Å². The van der Waals surface area contributed by atoms with Crippen molar-refractivity contribution in [3.05, 3.63) is 27.4 Å². The van der Waals surface area contributed by atoms with Crippen LogP contribution in [0.3, 0.4) is 0 Å². The summed E-state index contributed by atoms with van der Waals surface area (Å²) in [4.78, 5) is 15.4. The van der Waals surface area contributed by atoms with Gasteiger partial charge in [-0.05, 0) is 34.7 Å². The molecule has 0 unspecified atom stereocenters. The first kappa shape index (κ1) is 9.86. The van der Waals surface area contributed by atoms with Crippen LogP contribution >= 0.6 is 15.9 Å². The van der Waals surface area contributed by atoms with Crippen LogP contribution in [0.15, 0.2) is 21.8 Å². The molecule has 0 atom stereocenters. The van der Waals surface area contributed by atoms with E-state index in [1.165, 1.54) is 29.9 Å². The van der Waals surface area contributed by atoms with Crippen LogP contribution in [0.4, 0.5) is 0 Å². The predicted molar refractivity (Wildman–Crippen MR) is 54.9 cm³/mol. The van der Waals surface area contributed by atoms with Crippen molar-refractivity contribution in [2.75, 3.05) is 6.61 Å². The lowest BCUT2D eigenvalue weighted by Gasteiger charge is -2.05. The standard InChI is InChI=1S/C9H11BrN2O2/c10-8-3-11-5-12(9(8)13)6-14-4-7-1-2-7/h3,5,7H,1-2,4,6H2. The van der Waals surface area contributed by atoms with Crippen LogP contribution in [0, 0.1) is 5.92 Å². The highest BCUT2D eigenvalue weighted by molar-refractivity contribution is 9.10. The largest absolute Gasteiger partial charge is 0.360 e. The molecule has 0 amide bonds. The summed E-state index contributed by atoms with van der Waals surface area (Å²) >= 11 is 3.13. The highest BCUT2D eigenvalue weighted by Crippen LogP contribution is 2.28. The lowest BCUT2D eigenvalue weighted by atomic mass is 10.5. The van der Waals surface area contributed by atoms with Crippen LogP contribution in [0.25, 0.3) is 0 Å². The number of rotatable bonds is 4.